The Balaban J connectivity index is 2.46. The van der Waals surface area contributed by atoms with Gasteiger partial charge in [0.15, 0.2) is 0 Å². The molecule has 0 bridgehead atoms. The molecule has 110 valence electrons. The first-order valence-electron chi connectivity index (χ1n) is 7.26. The second kappa shape index (κ2) is 7.77. The molecule has 0 unspecified atom stereocenters. The van der Waals surface area contributed by atoms with Crippen LogP contribution in [0, 0.1) is 0 Å². The van der Waals surface area contributed by atoms with Crippen LogP contribution in [0.15, 0.2) is 79.4 Å². The van der Waals surface area contributed by atoms with Crippen molar-refractivity contribution in [1.29, 1.82) is 0 Å². The lowest BCUT2D eigenvalue weighted by molar-refractivity contribution is -0.206. The highest BCUT2D eigenvalue weighted by Crippen LogP contribution is 2.37. The lowest BCUT2D eigenvalue weighted by Gasteiger charge is -2.35. The summed E-state index contributed by atoms with van der Waals surface area (Å²) in [6.07, 6.45) is 11.9. The summed E-state index contributed by atoms with van der Waals surface area (Å²) in [6, 6.07) is 10.0. The number of allylic oxidation sites excluding steroid dienone is 2. The van der Waals surface area contributed by atoms with Crippen LogP contribution in [-0.2, 0) is 15.3 Å². The van der Waals surface area contributed by atoms with E-state index in [0.29, 0.717) is 13.2 Å². The fourth-order valence-corrected chi connectivity index (χ4v) is 2.41. The molecule has 0 radical (unpaired) electrons. The summed E-state index contributed by atoms with van der Waals surface area (Å²) < 4.78 is 12.2. The summed E-state index contributed by atoms with van der Waals surface area (Å²) in [7, 11) is 0. The largest absolute Gasteiger partial charge is 0.338 e. The Morgan fingerprint density at radius 1 is 1.00 bits per heavy atom. The molecule has 0 aromatic heterocycles. The molecular weight excluding hydrogens is 260 g/mol. The Bertz CT molecular complexity index is 514. The van der Waals surface area contributed by atoms with E-state index >= 15 is 0 Å². The standard InChI is InChI=1S/C19H22O2/c1-3-15-20-19(21-16-4-2,17-11-7-5-8-12-17)18-13-9-6-10-14-18/h3-5,7-9,11-14H,1-2,6,10,15-16H2. The van der Waals surface area contributed by atoms with Gasteiger partial charge in [-0.3, -0.25) is 0 Å². The maximum atomic E-state index is 6.10. The first-order chi connectivity index (χ1) is 10.3. The van der Waals surface area contributed by atoms with Crippen molar-refractivity contribution in [2.75, 3.05) is 13.2 Å². The van der Waals surface area contributed by atoms with Gasteiger partial charge < -0.3 is 9.47 Å². The van der Waals surface area contributed by atoms with Crippen molar-refractivity contribution in [1.82, 2.24) is 0 Å². The quantitative estimate of drug-likeness (QED) is 0.515. The zero-order valence-electron chi connectivity index (χ0n) is 12.3. The van der Waals surface area contributed by atoms with Gasteiger partial charge >= 0.3 is 0 Å². The highest BCUT2D eigenvalue weighted by Gasteiger charge is 2.37. The SMILES string of the molecule is C=CCOC(OCC=C)(C1=CCCC=C1)c1ccccc1. The Labute approximate surface area is 127 Å². The lowest BCUT2D eigenvalue weighted by atomic mass is 9.92. The van der Waals surface area contributed by atoms with E-state index in [0.717, 1.165) is 24.0 Å². The van der Waals surface area contributed by atoms with Crippen LogP contribution in [0.5, 0.6) is 0 Å². The zero-order chi connectivity index (χ0) is 15.0. The van der Waals surface area contributed by atoms with E-state index in [1.165, 1.54) is 0 Å². The van der Waals surface area contributed by atoms with Gasteiger partial charge in [-0.25, -0.2) is 0 Å². The van der Waals surface area contributed by atoms with Crippen LogP contribution in [-0.4, -0.2) is 13.2 Å². The molecule has 0 atom stereocenters. The van der Waals surface area contributed by atoms with E-state index in [2.05, 4.69) is 31.4 Å². The molecule has 1 aromatic rings. The highest BCUT2D eigenvalue weighted by atomic mass is 16.7. The van der Waals surface area contributed by atoms with Crippen molar-refractivity contribution in [3.05, 3.63) is 85.0 Å². The average molecular weight is 282 g/mol. The van der Waals surface area contributed by atoms with E-state index in [4.69, 9.17) is 9.47 Å². The maximum Gasteiger partial charge on any atom is 0.222 e. The van der Waals surface area contributed by atoms with Crippen molar-refractivity contribution in [2.45, 2.75) is 18.6 Å². The third kappa shape index (κ3) is 3.60. The van der Waals surface area contributed by atoms with Crippen LogP contribution in [0.2, 0.25) is 0 Å². The van der Waals surface area contributed by atoms with Crippen LogP contribution >= 0.6 is 0 Å². The average Bonchev–Trinajstić information content (AvgIpc) is 2.57. The Morgan fingerprint density at radius 3 is 2.19 bits per heavy atom. The van der Waals surface area contributed by atoms with Gasteiger partial charge in [-0.2, -0.15) is 0 Å². The normalized spacial score (nSPS) is 14.6. The maximum absolute atomic E-state index is 6.10. The lowest BCUT2D eigenvalue weighted by Crippen LogP contribution is -2.35. The van der Waals surface area contributed by atoms with Gasteiger partial charge in [0.2, 0.25) is 5.79 Å². The summed E-state index contributed by atoms with van der Waals surface area (Å²) in [5.41, 5.74) is 2.01. The summed E-state index contributed by atoms with van der Waals surface area (Å²) in [4.78, 5) is 0. The van der Waals surface area contributed by atoms with Crippen molar-refractivity contribution in [2.24, 2.45) is 0 Å². The molecule has 2 heteroatoms. The molecule has 0 N–H and O–H groups in total. The molecule has 0 saturated heterocycles. The van der Waals surface area contributed by atoms with Gasteiger partial charge in [0.25, 0.3) is 0 Å². The van der Waals surface area contributed by atoms with Crippen molar-refractivity contribution < 1.29 is 9.47 Å². The fraction of sp³-hybridized carbons (Fsp3) is 0.263. The summed E-state index contributed by atoms with van der Waals surface area (Å²) in [5.74, 6) is -0.902. The molecular formula is C19H22O2. The monoisotopic (exact) mass is 282 g/mol. The molecule has 0 amide bonds. The smallest absolute Gasteiger partial charge is 0.222 e. The van der Waals surface area contributed by atoms with Gasteiger partial charge in [0.1, 0.15) is 0 Å². The Kier molecular flexibility index (Phi) is 5.73. The molecule has 2 rings (SSSR count). The van der Waals surface area contributed by atoms with Crippen LogP contribution in [0.25, 0.3) is 0 Å². The first kappa shape index (κ1) is 15.5. The van der Waals surface area contributed by atoms with Gasteiger partial charge in [-0.1, -0.05) is 60.7 Å². The van der Waals surface area contributed by atoms with E-state index in [9.17, 15) is 0 Å². The van der Waals surface area contributed by atoms with Crippen LogP contribution in [0.1, 0.15) is 18.4 Å². The minimum absolute atomic E-state index is 0.414. The van der Waals surface area contributed by atoms with E-state index in [1.807, 2.05) is 30.3 Å². The van der Waals surface area contributed by atoms with Gasteiger partial charge in [0, 0.05) is 11.1 Å². The van der Waals surface area contributed by atoms with Gasteiger partial charge in [0.05, 0.1) is 13.2 Å². The number of ether oxygens (including phenoxy) is 2. The van der Waals surface area contributed by atoms with E-state index in [1.54, 1.807) is 12.2 Å². The van der Waals surface area contributed by atoms with Gasteiger partial charge in [-0.05, 0) is 12.8 Å². The third-order valence-electron chi connectivity index (χ3n) is 3.34. The zero-order valence-corrected chi connectivity index (χ0v) is 12.3. The molecule has 1 aromatic carbocycles. The molecule has 0 heterocycles. The third-order valence-corrected chi connectivity index (χ3v) is 3.34. The number of hydrogen-bond donors (Lipinski definition) is 0. The highest BCUT2D eigenvalue weighted by molar-refractivity contribution is 5.38. The predicted octanol–water partition coefficient (Wildman–Crippen LogP) is 4.52. The molecule has 1 aliphatic carbocycles. The van der Waals surface area contributed by atoms with Crippen LogP contribution in [0.3, 0.4) is 0 Å². The molecule has 0 saturated carbocycles. The molecule has 21 heavy (non-hydrogen) atoms. The van der Waals surface area contributed by atoms with Crippen LogP contribution < -0.4 is 0 Å². The molecule has 2 nitrogen and oxygen atoms in total. The molecule has 0 aliphatic heterocycles. The van der Waals surface area contributed by atoms with Crippen molar-refractivity contribution in [3.8, 4) is 0 Å². The van der Waals surface area contributed by atoms with Crippen LogP contribution in [0.4, 0.5) is 0 Å². The van der Waals surface area contributed by atoms with Crippen molar-refractivity contribution in [3.63, 3.8) is 0 Å². The Morgan fingerprint density at radius 2 is 1.67 bits per heavy atom. The summed E-state index contributed by atoms with van der Waals surface area (Å²) in [6.45, 7) is 8.32. The predicted molar refractivity (Wildman–Crippen MR) is 86.9 cm³/mol. The summed E-state index contributed by atoms with van der Waals surface area (Å²) in [5, 5.41) is 0. The minimum Gasteiger partial charge on any atom is -0.338 e. The molecule has 0 spiro atoms. The van der Waals surface area contributed by atoms with Crippen molar-refractivity contribution >= 4 is 0 Å². The summed E-state index contributed by atoms with van der Waals surface area (Å²) >= 11 is 0. The van der Waals surface area contributed by atoms with Gasteiger partial charge in [-0.15, -0.1) is 13.2 Å². The molecule has 1 aliphatic rings. The first-order valence-corrected chi connectivity index (χ1v) is 7.26. The minimum atomic E-state index is -0.902. The number of rotatable bonds is 8. The molecule has 0 fully saturated rings. The van der Waals surface area contributed by atoms with E-state index < -0.39 is 5.79 Å². The number of benzene rings is 1. The topological polar surface area (TPSA) is 18.5 Å². The number of hydrogen-bond acceptors (Lipinski definition) is 2. The fourth-order valence-electron chi connectivity index (χ4n) is 2.41. The van der Waals surface area contributed by atoms with E-state index in [-0.39, 0.29) is 0 Å². The Hall–Kier alpha value is -1.90. The second-order valence-corrected chi connectivity index (χ2v) is 4.82. The second-order valence-electron chi connectivity index (χ2n) is 4.82.